The van der Waals surface area contributed by atoms with E-state index < -0.39 is 16.6 Å². The average Bonchev–Trinajstić information content (AvgIpc) is 2.33. The summed E-state index contributed by atoms with van der Waals surface area (Å²) in [5.74, 6) is 0.560. The van der Waals surface area contributed by atoms with E-state index in [9.17, 15) is 13.4 Å². The summed E-state index contributed by atoms with van der Waals surface area (Å²) in [6, 6.07) is 3.83. The molecule has 1 atom stereocenters. The van der Waals surface area contributed by atoms with Crippen molar-refractivity contribution < 1.29 is 13.4 Å². The van der Waals surface area contributed by atoms with E-state index in [-0.39, 0.29) is 18.0 Å². The summed E-state index contributed by atoms with van der Waals surface area (Å²) in [4.78, 5) is 11.6. The zero-order chi connectivity index (χ0) is 14.3. The fraction of sp³-hybridized carbons (Fsp3) is 0.462. The van der Waals surface area contributed by atoms with Gasteiger partial charge in [0, 0.05) is 28.7 Å². The maximum absolute atomic E-state index is 12.8. The van der Waals surface area contributed by atoms with Gasteiger partial charge in [0.2, 0.25) is 5.91 Å². The molecule has 1 aromatic carbocycles. The summed E-state index contributed by atoms with van der Waals surface area (Å²) in [6.45, 7) is 1.97. The Labute approximate surface area is 115 Å². The highest BCUT2D eigenvalue weighted by molar-refractivity contribution is 7.84. The quantitative estimate of drug-likeness (QED) is 0.755. The van der Waals surface area contributed by atoms with Gasteiger partial charge in [-0.25, -0.2) is 4.39 Å². The third-order valence-electron chi connectivity index (χ3n) is 2.50. The molecule has 0 aliphatic carbocycles. The summed E-state index contributed by atoms with van der Waals surface area (Å²) in [7, 11) is -0.845. The first kappa shape index (κ1) is 15.6. The molecule has 1 unspecified atom stereocenters. The van der Waals surface area contributed by atoms with Crippen molar-refractivity contribution in [1.29, 1.82) is 0 Å². The molecule has 1 amide bonds. The second-order valence-electron chi connectivity index (χ2n) is 4.23. The lowest BCUT2D eigenvalue weighted by molar-refractivity contribution is -0.116. The Morgan fingerprint density at radius 3 is 2.79 bits per heavy atom. The lowest BCUT2D eigenvalue weighted by atomic mass is 10.2. The number of nitrogens with two attached hydrogens (primary N) is 1. The van der Waals surface area contributed by atoms with E-state index >= 15 is 0 Å². The zero-order valence-corrected chi connectivity index (χ0v) is 11.8. The lowest BCUT2D eigenvalue weighted by Crippen LogP contribution is -2.14. The number of carbonyl (C=O) groups excluding carboxylic acids is 1. The molecule has 0 saturated carbocycles. The first-order valence-electron chi connectivity index (χ1n) is 6.22. The number of anilines is 2. The van der Waals surface area contributed by atoms with Crippen LogP contribution in [0.1, 0.15) is 26.2 Å². The molecule has 0 bridgehead atoms. The Balaban J connectivity index is 2.37. The van der Waals surface area contributed by atoms with E-state index in [2.05, 4.69) is 5.32 Å². The van der Waals surface area contributed by atoms with E-state index in [0.717, 1.165) is 12.5 Å². The summed E-state index contributed by atoms with van der Waals surface area (Å²) in [5, 5.41) is 2.61. The summed E-state index contributed by atoms with van der Waals surface area (Å²) < 4.78 is 24.2. The molecule has 0 radical (unpaired) electrons. The molecule has 0 saturated heterocycles. The molecule has 0 aliphatic rings. The average molecular weight is 286 g/mol. The van der Waals surface area contributed by atoms with Crippen molar-refractivity contribution in [2.24, 2.45) is 0 Å². The van der Waals surface area contributed by atoms with E-state index in [1.165, 1.54) is 12.1 Å². The molecule has 0 spiro atoms. The molecular weight excluding hydrogens is 267 g/mol. The molecule has 6 heteroatoms. The first-order chi connectivity index (χ1) is 9.02. The van der Waals surface area contributed by atoms with Gasteiger partial charge in [0.25, 0.3) is 0 Å². The van der Waals surface area contributed by atoms with Crippen molar-refractivity contribution in [2.75, 3.05) is 22.6 Å². The van der Waals surface area contributed by atoms with Crippen LogP contribution in [0.2, 0.25) is 0 Å². The Hall–Kier alpha value is -1.43. The van der Waals surface area contributed by atoms with Crippen LogP contribution in [-0.4, -0.2) is 21.6 Å². The van der Waals surface area contributed by atoms with Gasteiger partial charge in [0.1, 0.15) is 5.82 Å². The molecule has 0 aliphatic heterocycles. The summed E-state index contributed by atoms with van der Waals surface area (Å²) in [5.41, 5.74) is 6.18. The van der Waals surface area contributed by atoms with E-state index in [1.54, 1.807) is 0 Å². The second-order valence-corrected chi connectivity index (χ2v) is 5.93. The minimum atomic E-state index is -0.845. The Morgan fingerprint density at radius 1 is 1.42 bits per heavy atom. The van der Waals surface area contributed by atoms with Crippen molar-refractivity contribution in [3.8, 4) is 0 Å². The molecule has 19 heavy (non-hydrogen) atoms. The number of hydrogen-bond acceptors (Lipinski definition) is 3. The van der Waals surface area contributed by atoms with Gasteiger partial charge in [-0.05, 0) is 31.0 Å². The predicted octanol–water partition coefficient (Wildman–Crippen LogP) is 2.29. The number of rotatable bonds is 7. The Bertz CT molecular complexity index is 466. The number of nitrogens with one attached hydrogen (secondary N) is 1. The monoisotopic (exact) mass is 286 g/mol. The topological polar surface area (TPSA) is 72.2 Å². The highest BCUT2D eigenvalue weighted by Crippen LogP contribution is 2.19. The molecule has 0 heterocycles. The van der Waals surface area contributed by atoms with Crippen molar-refractivity contribution in [3.63, 3.8) is 0 Å². The lowest BCUT2D eigenvalue weighted by Gasteiger charge is -2.08. The number of benzene rings is 1. The van der Waals surface area contributed by atoms with Gasteiger partial charge in [-0.1, -0.05) is 6.92 Å². The largest absolute Gasteiger partial charge is 0.397 e. The number of nitrogen functional groups attached to an aromatic ring is 1. The highest BCUT2D eigenvalue weighted by atomic mass is 32.2. The maximum atomic E-state index is 12.8. The maximum Gasteiger partial charge on any atom is 0.224 e. The number of halogens is 1. The van der Waals surface area contributed by atoms with E-state index in [1.807, 2.05) is 6.92 Å². The van der Waals surface area contributed by atoms with Gasteiger partial charge in [-0.2, -0.15) is 0 Å². The smallest absolute Gasteiger partial charge is 0.224 e. The van der Waals surface area contributed by atoms with Gasteiger partial charge in [-0.3, -0.25) is 9.00 Å². The van der Waals surface area contributed by atoms with Crippen LogP contribution in [-0.2, 0) is 15.6 Å². The molecule has 3 N–H and O–H groups in total. The molecule has 106 valence electrons. The van der Waals surface area contributed by atoms with Gasteiger partial charge >= 0.3 is 0 Å². The number of amides is 1. The van der Waals surface area contributed by atoms with Crippen LogP contribution in [0.25, 0.3) is 0 Å². The molecular formula is C13H19FN2O2S. The highest BCUT2D eigenvalue weighted by Gasteiger charge is 2.07. The molecule has 0 aromatic heterocycles. The Morgan fingerprint density at radius 2 is 2.16 bits per heavy atom. The van der Waals surface area contributed by atoms with Crippen molar-refractivity contribution in [1.82, 2.24) is 0 Å². The zero-order valence-electron chi connectivity index (χ0n) is 10.9. The normalized spacial score (nSPS) is 12.1. The third-order valence-corrected chi connectivity index (χ3v) is 4.10. The Kier molecular flexibility index (Phi) is 6.49. The minimum Gasteiger partial charge on any atom is -0.397 e. The van der Waals surface area contributed by atoms with E-state index in [4.69, 9.17) is 5.73 Å². The predicted molar refractivity (Wildman–Crippen MR) is 76.8 cm³/mol. The van der Waals surface area contributed by atoms with Crippen LogP contribution in [0, 0.1) is 5.82 Å². The standard InChI is InChI=1S/C13H19FN2O2S/c1-2-7-19(18)8-3-4-13(17)16-12-6-5-10(14)9-11(12)15/h5-6,9H,2-4,7-8,15H2,1H3,(H,16,17). The second kappa shape index (κ2) is 7.89. The SMILES string of the molecule is CCCS(=O)CCCC(=O)Nc1ccc(F)cc1N. The van der Waals surface area contributed by atoms with Crippen molar-refractivity contribution in [2.45, 2.75) is 26.2 Å². The van der Waals surface area contributed by atoms with Crippen LogP contribution < -0.4 is 11.1 Å². The van der Waals surface area contributed by atoms with Crippen LogP contribution in [0.3, 0.4) is 0 Å². The van der Waals surface area contributed by atoms with Crippen molar-refractivity contribution >= 4 is 28.1 Å². The van der Waals surface area contributed by atoms with Crippen LogP contribution in [0.15, 0.2) is 18.2 Å². The summed E-state index contributed by atoms with van der Waals surface area (Å²) in [6.07, 6.45) is 1.73. The first-order valence-corrected chi connectivity index (χ1v) is 7.71. The van der Waals surface area contributed by atoms with Crippen LogP contribution in [0.4, 0.5) is 15.8 Å². The van der Waals surface area contributed by atoms with Crippen LogP contribution >= 0.6 is 0 Å². The molecule has 0 fully saturated rings. The van der Waals surface area contributed by atoms with Gasteiger partial charge in [0.05, 0.1) is 11.4 Å². The number of hydrogen-bond donors (Lipinski definition) is 2. The molecule has 1 rings (SSSR count). The summed E-state index contributed by atoms with van der Waals surface area (Å²) >= 11 is 0. The van der Waals surface area contributed by atoms with Crippen LogP contribution in [0.5, 0.6) is 0 Å². The van der Waals surface area contributed by atoms with Gasteiger partial charge in [-0.15, -0.1) is 0 Å². The fourth-order valence-electron chi connectivity index (χ4n) is 1.58. The number of carbonyl (C=O) groups is 1. The van der Waals surface area contributed by atoms with Gasteiger partial charge in [0.15, 0.2) is 0 Å². The van der Waals surface area contributed by atoms with Gasteiger partial charge < -0.3 is 11.1 Å². The van der Waals surface area contributed by atoms with E-state index in [0.29, 0.717) is 23.6 Å². The fourth-order valence-corrected chi connectivity index (χ4v) is 2.71. The molecule has 4 nitrogen and oxygen atoms in total. The third kappa shape index (κ3) is 5.83. The van der Waals surface area contributed by atoms with Crippen molar-refractivity contribution in [3.05, 3.63) is 24.0 Å². The molecule has 1 aromatic rings. The minimum absolute atomic E-state index is 0.197.